The normalized spacial score (nSPS) is 17.5. The van der Waals surface area contributed by atoms with Crippen LogP contribution >= 0.6 is 0 Å². The fraction of sp³-hybridized carbons (Fsp3) is 0.105. The first-order chi connectivity index (χ1) is 10.3. The Bertz CT molecular complexity index is 854. The van der Waals surface area contributed by atoms with Crippen LogP contribution in [-0.2, 0) is 0 Å². The molecule has 2 aliphatic carbocycles. The second-order valence-electron chi connectivity index (χ2n) is 5.30. The number of benzene rings is 1. The van der Waals surface area contributed by atoms with Gasteiger partial charge in [-0.3, -0.25) is 0 Å². The Morgan fingerprint density at radius 2 is 1.33 bits per heavy atom. The maximum atomic E-state index is 12.5. The molecule has 0 saturated carbocycles. The number of hydrogen-bond donors (Lipinski definition) is 0. The zero-order valence-electron chi connectivity index (χ0n) is 11.4. The van der Waals surface area contributed by atoms with E-state index >= 15 is 0 Å². The summed E-state index contributed by atoms with van der Waals surface area (Å²) in [4.78, 5) is 12.5. The van der Waals surface area contributed by atoms with Gasteiger partial charge in [0.05, 0.1) is 5.56 Å². The van der Waals surface area contributed by atoms with Gasteiger partial charge in [0.25, 0.3) is 0 Å². The Morgan fingerprint density at radius 1 is 0.762 bits per heavy atom. The van der Waals surface area contributed by atoms with E-state index in [9.17, 15) is 4.79 Å². The molecule has 102 valence electrons. The molecule has 2 aromatic rings. The lowest BCUT2D eigenvalue weighted by Gasteiger charge is -2.17. The maximum absolute atomic E-state index is 12.5. The van der Waals surface area contributed by atoms with Gasteiger partial charge in [-0.15, -0.1) is 0 Å². The third kappa shape index (κ3) is 1.91. The van der Waals surface area contributed by atoms with Crippen molar-refractivity contribution >= 4 is 11.0 Å². The molecule has 2 heteroatoms. The predicted molar refractivity (Wildman–Crippen MR) is 84.5 cm³/mol. The number of para-hydroxylation sites is 1. The number of allylic oxidation sites excluding steroid dienone is 8. The van der Waals surface area contributed by atoms with Gasteiger partial charge in [-0.1, -0.05) is 66.8 Å². The minimum atomic E-state index is -0.237. The first-order valence-electron chi connectivity index (χ1n) is 7.10. The van der Waals surface area contributed by atoms with E-state index in [2.05, 4.69) is 12.2 Å². The van der Waals surface area contributed by atoms with Gasteiger partial charge in [-0.2, -0.15) is 0 Å². The SMILES string of the molecule is O=c1oc2ccccc2c(C2C=CC=C2)c1C1C=CC=C1. The van der Waals surface area contributed by atoms with Gasteiger partial charge in [0.2, 0.25) is 0 Å². The van der Waals surface area contributed by atoms with Crippen LogP contribution in [0.15, 0.2) is 82.1 Å². The molecule has 1 aromatic carbocycles. The van der Waals surface area contributed by atoms with Crippen molar-refractivity contribution in [2.45, 2.75) is 11.8 Å². The molecule has 0 atom stereocenters. The van der Waals surface area contributed by atoms with Crippen molar-refractivity contribution in [2.75, 3.05) is 0 Å². The maximum Gasteiger partial charge on any atom is 0.340 e. The molecule has 2 aliphatic rings. The highest BCUT2D eigenvalue weighted by Gasteiger charge is 2.24. The second-order valence-corrected chi connectivity index (χ2v) is 5.30. The predicted octanol–water partition coefficient (Wildman–Crippen LogP) is 4.21. The summed E-state index contributed by atoms with van der Waals surface area (Å²) in [5.41, 5.74) is 2.23. The molecule has 1 aromatic heterocycles. The monoisotopic (exact) mass is 274 g/mol. The van der Waals surface area contributed by atoms with E-state index in [-0.39, 0.29) is 17.5 Å². The molecule has 0 unspecified atom stereocenters. The highest BCUT2D eigenvalue weighted by molar-refractivity contribution is 5.83. The third-order valence-corrected chi connectivity index (χ3v) is 4.05. The molecule has 0 aliphatic heterocycles. The Hall–Kier alpha value is -2.61. The lowest BCUT2D eigenvalue weighted by Crippen LogP contribution is -2.15. The summed E-state index contributed by atoms with van der Waals surface area (Å²) in [7, 11) is 0. The highest BCUT2D eigenvalue weighted by atomic mass is 16.4. The Balaban J connectivity index is 2.09. The summed E-state index contributed by atoms with van der Waals surface area (Å²) in [5, 5.41) is 1.02. The molecule has 4 rings (SSSR count). The molecule has 0 fully saturated rings. The molecule has 0 radical (unpaired) electrons. The van der Waals surface area contributed by atoms with Crippen molar-refractivity contribution in [2.24, 2.45) is 0 Å². The molecule has 0 amide bonds. The Morgan fingerprint density at radius 3 is 2.00 bits per heavy atom. The number of hydrogen-bond acceptors (Lipinski definition) is 2. The Labute approximate surface area is 122 Å². The topological polar surface area (TPSA) is 30.2 Å². The van der Waals surface area contributed by atoms with E-state index in [0.717, 1.165) is 16.5 Å². The van der Waals surface area contributed by atoms with Crippen molar-refractivity contribution in [3.05, 3.63) is 94.4 Å². The standard InChI is InChI=1S/C19H14O2/c20-19-18(14-9-3-4-10-14)17(13-7-1-2-8-13)15-11-5-6-12-16(15)21-19/h1-14H. The molecular formula is C19H14O2. The molecule has 0 spiro atoms. The molecule has 0 N–H and O–H groups in total. The van der Waals surface area contributed by atoms with E-state index in [1.807, 2.05) is 60.7 Å². The van der Waals surface area contributed by atoms with Gasteiger partial charge in [0.1, 0.15) is 5.58 Å². The lowest BCUT2D eigenvalue weighted by molar-refractivity contribution is 0.547. The second kappa shape index (κ2) is 4.74. The van der Waals surface area contributed by atoms with E-state index in [0.29, 0.717) is 5.58 Å². The average molecular weight is 274 g/mol. The van der Waals surface area contributed by atoms with Gasteiger partial charge in [-0.25, -0.2) is 4.79 Å². The molecule has 21 heavy (non-hydrogen) atoms. The summed E-state index contributed by atoms with van der Waals surface area (Å²) in [5.74, 6) is 0.139. The van der Waals surface area contributed by atoms with Crippen LogP contribution in [0, 0.1) is 0 Å². The van der Waals surface area contributed by atoms with Gasteiger partial charge >= 0.3 is 5.63 Å². The fourth-order valence-corrected chi connectivity index (χ4v) is 3.11. The summed E-state index contributed by atoms with van der Waals surface area (Å²) in [6, 6.07) is 7.76. The zero-order chi connectivity index (χ0) is 14.2. The fourth-order valence-electron chi connectivity index (χ4n) is 3.11. The number of rotatable bonds is 2. The third-order valence-electron chi connectivity index (χ3n) is 4.05. The van der Waals surface area contributed by atoms with Crippen LogP contribution < -0.4 is 5.63 Å². The van der Waals surface area contributed by atoms with Crippen LogP contribution in [0.1, 0.15) is 23.0 Å². The molecule has 1 heterocycles. The molecule has 0 bridgehead atoms. The molecular weight excluding hydrogens is 260 g/mol. The number of fused-ring (bicyclic) bond motifs is 1. The van der Waals surface area contributed by atoms with Crippen molar-refractivity contribution in [3.63, 3.8) is 0 Å². The van der Waals surface area contributed by atoms with Gasteiger partial charge in [0, 0.05) is 17.2 Å². The molecule has 0 saturated heterocycles. The summed E-state index contributed by atoms with van der Waals surface area (Å²) in [6.45, 7) is 0. The highest BCUT2D eigenvalue weighted by Crippen LogP contribution is 2.36. The van der Waals surface area contributed by atoms with Crippen molar-refractivity contribution < 1.29 is 4.42 Å². The molecule has 2 nitrogen and oxygen atoms in total. The largest absolute Gasteiger partial charge is 0.422 e. The van der Waals surface area contributed by atoms with Crippen LogP contribution in [0.5, 0.6) is 0 Å². The van der Waals surface area contributed by atoms with Crippen LogP contribution in [-0.4, -0.2) is 0 Å². The summed E-state index contributed by atoms with van der Waals surface area (Å²) in [6.07, 6.45) is 16.3. The van der Waals surface area contributed by atoms with Crippen LogP contribution in [0.2, 0.25) is 0 Å². The minimum absolute atomic E-state index is 0.00301. The van der Waals surface area contributed by atoms with Gasteiger partial charge in [-0.05, 0) is 11.6 Å². The minimum Gasteiger partial charge on any atom is -0.422 e. The summed E-state index contributed by atoms with van der Waals surface area (Å²) >= 11 is 0. The van der Waals surface area contributed by atoms with Crippen molar-refractivity contribution in [3.8, 4) is 0 Å². The van der Waals surface area contributed by atoms with Crippen LogP contribution in [0.3, 0.4) is 0 Å². The van der Waals surface area contributed by atoms with E-state index in [1.54, 1.807) is 0 Å². The van der Waals surface area contributed by atoms with Crippen molar-refractivity contribution in [1.29, 1.82) is 0 Å². The zero-order valence-corrected chi connectivity index (χ0v) is 11.4. The van der Waals surface area contributed by atoms with Crippen LogP contribution in [0.25, 0.3) is 11.0 Å². The lowest BCUT2D eigenvalue weighted by atomic mass is 9.87. The Kier molecular flexibility index (Phi) is 2.74. The van der Waals surface area contributed by atoms with E-state index in [4.69, 9.17) is 4.42 Å². The van der Waals surface area contributed by atoms with Gasteiger partial charge in [0.15, 0.2) is 0 Å². The smallest absolute Gasteiger partial charge is 0.340 e. The van der Waals surface area contributed by atoms with Gasteiger partial charge < -0.3 is 4.42 Å². The summed E-state index contributed by atoms with van der Waals surface area (Å²) < 4.78 is 5.53. The quantitative estimate of drug-likeness (QED) is 0.768. The first-order valence-corrected chi connectivity index (χ1v) is 7.10. The first kappa shape index (κ1) is 12.2. The average Bonchev–Trinajstić information content (AvgIpc) is 3.19. The van der Waals surface area contributed by atoms with E-state index < -0.39 is 0 Å². The van der Waals surface area contributed by atoms with Crippen LogP contribution in [0.4, 0.5) is 0 Å². The van der Waals surface area contributed by atoms with E-state index in [1.165, 1.54) is 0 Å². The van der Waals surface area contributed by atoms with Crippen molar-refractivity contribution in [1.82, 2.24) is 0 Å².